The fourth-order valence-electron chi connectivity index (χ4n) is 1.37. The molecular weight excluding hydrogens is 234 g/mol. The molecule has 0 aliphatic rings. The third kappa shape index (κ3) is 2.68. The Morgan fingerprint density at radius 2 is 2.35 bits per heavy atom. The Morgan fingerprint density at radius 3 is 3.06 bits per heavy atom. The normalized spacial score (nSPS) is 10.2. The van der Waals surface area contributed by atoms with Crippen LogP contribution in [0.2, 0.25) is 0 Å². The summed E-state index contributed by atoms with van der Waals surface area (Å²) in [6.07, 6.45) is 1.75. The van der Waals surface area contributed by atoms with E-state index in [9.17, 15) is 0 Å². The van der Waals surface area contributed by atoms with Crippen LogP contribution in [0.3, 0.4) is 0 Å². The molecule has 2 aromatic rings. The molecule has 5 heteroatoms. The van der Waals surface area contributed by atoms with Gasteiger partial charge in [0.25, 0.3) is 0 Å². The summed E-state index contributed by atoms with van der Waals surface area (Å²) in [5, 5.41) is 0.719. The lowest BCUT2D eigenvalue weighted by molar-refractivity contribution is 0.299. The average Bonchev–Trinajstić information content (AvgIpc) is 2.78. The first kappa shape index (κ1) is 11.7. The highest BCUT2D eigenvalue weighted by atomic mass is 32.1. The van der Waals surface area contributed by atoms with Crippen LogP contribution in [0.25, 0.3) is 17.1 Å². The van der Waals surface area contributed by atoms with Crippen molar-refractivity contribution in [1.29, 1.82) is 0 Å². The second-order valence-electron chi connectivity index (χ2n) is 3.47. The van der Waals surface area contributed by atoms with E-state index < -0.39 is 0 Å². The smallest absolute Gasteiger partial charge is 0.178 e. The molecular formula is C12H13N3OS. The van der Waals surface area contributed by atoms with Crippen LogP contribution in [-0.4, -0.2) is 20.9 Å². The van der Waals surface area contributed by atoms with Gasteiger partial charge in [0, 0.05) is 17.5 Å². The molecule has 0 saturated carbocycles. The van der Waals surface area contributed by atoms with Gasteiger partial charge in [-0.2, -0.15) is 4.37 Å². The second-order valence-corrected chi connectivity index (χ2v) is 4.22. The third-order valence-corrected chi connectivity index (χ3v) is 2.89. The Balaban J connectivity index is 2.27. The van der Waals surface area contributed by atoms with E-state index in [4.69, 9.17) is 4.74 Å². The molecule has 0 unspecified atom stereocenters. The minimum atomic E-state index is 0.571. The molecule has 0 atom stereocenters. The second kappa shape index (κ2) is 5.05. The van der Waals surface area contributed by atoms with Gasteiger partial charge < -0.3 is 4.74 Å². The SMILES string of the molecule is C=C(OCC)c1nc(-c2ccnc(C)c2)ns1. The Hall–Kier alpha value is -1.75. The maximum Gasteiger partial charge on any atom is 0.178 e. The fourth-order valence-corrected chi connectivity index (χ4v) is 1.98. The fraction of sp³-hybridized carbons (Fsp3) is 0.250. The molecule has 2 aromatic heterocycles. The standard InChI is InChI=1S/C12H13N3OS/c1-4-16-9(3)12-14-11(15-17-12)10-5-6-13-8(2)7-10/h5-7H,3-4H2,1-2H3. The lowest BCUT2D eigenvalue weighted by Crippen LogP contribution is -1.89. The van der Waals surface area contributed by atoms with E-state index in [-0.39, 0.29) is 0 Å². The lowest BCUT2D eigenvalue weighted by Gasteiger charge is -2.00. The minimum Gasteiger partial charge on any atom is -0.491 e. The number of pyridine rings is 1. The van der Waals surface area contributed by atoms with Gasteiger partial charge in [-0.3, -0.25) is 4.98 Å². The molecule has 0 amide bonds. The molecule has 4 nitrogen and oxygen atoms in total. The molecule has 0 radical (unpaired) electrons. The van der Waals surface area contributed by atoms with E-state index in [0.29, 0.717) is 18.2 Å². The molecule has 0 aliphatic heterocycles. The van der Waals surface area contributed by atoms with Crippen LogP contribution >= 0.6 is 11.5 Å². The summed E-state index contributed by atoms with van der Waals surface area (Å²) < 4.78 is 9.59. The maximum atomic E-state index is 5.30. The van der Waals surface area contributed by atoms with Gasteiger partial charge in [-0.15, -0.1) is 0 Å². The average molecular weight is 247 g/mol. The summed E-state index contributed by atoms with van der Waals surface area (Å²) in [5.41, 5.74) is 1.91. The molecule has 0 saturated heterocycles. The highest BCUT2D eigenvalue weighted by Crippen LogP contribution is 2.22. The molecule has 0 aliphatic carbocycles. The van der Waals surface area contributed by atoms with E-state index >= 15 is 0 Å². The highest BCUT2D eigenvalue weighted by molar-refractivity contribution is 7.06. The Morgan fingerprint density at radius 1 is 1.53 bits per heavy atom. The number of aryl methyl sites for hydroxylation is 1. The van der Waals surface area contributed by atoms with Crippen molar-refractivity contribution in [3.8, 4) is 11.4 Å². The number of rotatable bonds is 4. The zero-order chi connectivity index (χ0) is 12.3. The van der Waals surface area contributed by atoms with Crippen molar-refractivity contribution < 1.29 is 4.74 Å². The molecule has 88 valence electrons. The van der Waals surface area contributed by atoms with Crippen molar-refractivity contribution in [3.63, 3.8) is 0 Å². The molecule has 0 bridgehead atoms. The van der Waals surface area contributed by atoms with Crippen LogP contribution in [0.5, 0.6) is 0 Å². The van der Waals surface area contributed by atoms with Crippen molar-refractivity contribution >= 4 is 17.3 Å². The number of hydrogen-bond donors (Lipinski definition) is 0. The lowest BCUT2D eigenvalue weighted by atomic mass is 10.2. The van der Waals surface area contributed by atoms with E-state index in [2.05, 4.69) is 20.9 Å². The molecule has 0 N–H and O–H groups in total. The van der Waals surface area contributed by atoms with E-state index in [0.717, 1.165) is 16.3 Å². The number of nitrogens with zero attached hydrogens (tertiary/aromatic N) is 3. The molecule has 2 rings (SSSR count). The van der Waals surface area contributed by atoms with Crippen LogP contribution in [-0.2, 0) is 4.74 Å². The Bertz CT molecular complexity index is 536. The van der Waals surface area contributed by atoms with Crippen molar-refractivity contribution in [2.75, 3.05) is 6.61 Å². The summed E-state index contributed by atoms with van der Waals surface area (Å²) >= 11 is 1.29. The highest BCUT2D eigenvalue weighted by Gasteiger charge is 2.09. The zero-order valence-corrected chi connectivity index (χ0v) is 10.6. The summed E-state index contributed by atoms with van der Waals surface area (Å²) in [7, 11) is 0. The van der Waals surface area contributed by atoms with Crippen LogP contribution in [0.15, 0.2) is 24.9 Å². The third-order valence-electron chi connectivity index (χ3n) is 2.14. The van der Waals surface area contributed by atoms with Crippen molar-refractivity contribution in [1.82, 2.24) is 14.3 Å². The monoisotopic (exact) mass is 247 g/mol. The van der Waals surface area contributed by atoms with Crippen LogP contribution in [0, 0.1) is 6.92 Å². The van der Waals surface area contributed by atoms with Gasteiger partial charge in [0.15, 0.2) is 10.8 Å². The van der Waals surface area contributed by atoms with Gasteiger partial charge in [0.1, 0.15) is 5.76 Å². The van der Waals surface area contributed by atoms with Crippen molar-refractivity contribution in [2.24, 2.45) is 0 Å². The summed E-state index contributed by atoms with van der Waals surface area (Å²) in [5.74, 6) is 1.26. The van der Waals surface area contributed by atoms with E-state index in [1.54, 1.807) is 6.20 Å². The van der Waals surface area contributed by atoms with Crippen LogP contribution in [0.4, 0.5) is 0 Å². The Kier molecular flexibility index (Phi) is 3.49. The quantitative estimate of drug-likeness (QED) is 0.779. The molecule has 0 spiro atoms. The van der Waals surface area contributed by atoms with Crippen molar-refractivity contribution in [2.45, 2.75) is 13.8 Å². The van der Waals surface area contributed by atoms with Crippen LogP contribution in [0.1, 0.15) is 17.6 Å². The van der Waals surface area contributed by atoms with Gasteiger partial charge in [0.2, 0.25) is 0 Å². The number of aromatic nitrogens is 3. The largest absolute Gasteiger partial charge is 0.491 e. The van der Waals surface area contributed by atoms with Crippen LogP contribution < -0.4 is 0 Å². The van der Waals surface area contributed by atoms with Gasteiger partial charge in [-0.25, -0.2) is 4.98 Å². The summed E-state index contributed by atoms with van der Waals surface area (Å²) in [6.45, 7) is 8.25. The van der Waals surface area contributed by atoms with Crippen molar-refractivity contribution in [3.05, 3.63) is 35.6 Å². The maximum absolute atomic E-state index is 5.30. The first-order chi connectivity index (χ1) is 8.20. The topological polar surface area (TPSA) is 47.9 Å². The van der Waals surface area contributed by atoms with Gasteiger partial charge >= 0.3 is 0 Å². The molecule has 2 heterocycles. The molecule has 0 fully saturated rings. The van der Waals surface area contributed by atoms with Gasteiger partial charge in [0.05, 0.1) is 6.61 Å². The summed E-state index contributed by atoms with van der Waals surface area (Å²) in [4.78, 5) is 8.54. The minimum absolute atomic E-state index is 0.571. The summed E-state index contributed by atoms with van der Waals surface area (Å²) in [6, 6.07) is 3.84. The predicted molar refractivity (Wildman–Crippen MR) is 68.5 cm³/mol. The van der Waals surface area contributed by atoms with Gasteiger partial charge in [-0.1, -0.05) is 6.58 Å². The first-order valence-corrected chi connectivity index (χ1v) is 6.07. The first-order valence-electron chi connectivity index (χ1n) is 5.29. The molecule has 17 heavy (non-hydrogen) atoms. The van der Waals surface area contributed by atoms with E-state index in [1.165, 1.54) is 11.5 Å². The molecule has 0 aromatic carbocycles. The zero-order valence-electron chi connectivity index (χ0n) is 9.80. The Labute approximate surface area is 104 Å². The van der Waals surface area contributed by atoms with Gasteiger partial charge in [-0.05, 0) is 37.5 Å². The van der Waals surface area contributed by atoms with E-state index in [1.807, 2.05) is 26.0 Å². The predicted octanol–water partition coefficient (Wildman–Crippen LogP) is 2.92. The number of ether oxygens (including phenoxy) is 1. The number of hydrogen-bond acceptors (Lipinski definition) is 5.